The Morgan fingerprint density at radius 2 is 2.21 bits per heavy atom. The molecule has 2 atom stereocenters. The van der Waals surface area contributed by atoms with Gasteiger partial charge in [-0.1, -0.05) is 40.3 Å². The Bertz CT molecular complexity index is 1030. The van der Waals surface area contributed by atoms with Crippen LogP contribution in [0.3, 0.4) is 0 Å². The highest BCUT2D eigenvalue weighted by Crippen LogP contribution is 2.28. The molecule has 3 aromatic rings. The quantitative estimate of drug-likeness (QED) is 0.430. The molecule has 10 heteroatoms. The van der Waals surface area contributed by atoms with Crippen molar-refractivity contribution in [2.24, 2.45) is 0 Å². The number of anilines is 1. The number of thiocarbonyl (C=S) groups is 1. The Balaban J connectivity index is 1.44. The maximum absolute atomic E-state index is 10.6. The predicted molar refractivity (Wildman–Crippen MR) is 116 cm³/mol. The number of nitrogens with one attached hydrogen (secondary N) is 1. The van der Waals surface area contributed by atoms with Crippen LogP contribution >= 0.6 is 28.1 Å². The number of fused-ring (bicyclic) bond motifs is 1. The summed E-state index contributed by atoms with van der Waals surface area (Å²) in [5.41, 5.74) is 1.07. The van der Waals surface area contributed by atoms with Crippen molar-refractivity contribution in [2.75, 3.05) is 18.6 Å². The average Bonchev–Trinajstić information content (AvgIpc) is 3.14. The molecule has 0 radical (unpaired) electrons. The summed E-state index contributed by atoms with van der Waals surface area (Å²) in [4.78, 5) is 10.9. The lowest BCUT2D eigenvalue weighted by Gasteiger charge is -2.24. The number of nitrogens with zero attached hydrogens (tertiary/aromatic N) is 5. The topological polar surface area (TPSA) is 88.3 Å². The Kier molecular flexibility index (Phi) is 5.86. The van der Waals surface area contributed by atoms with E-state index >= 15 is 0 Å². The number of hydrogen-bond acceptors (Lipinski definition) is 7. The number of pyridine rings is 1. The second kappa shape index (κ2) is 8.54. The zero-order valence-corrected chi connectivity index (χ0v) is 18.0. The van der Waals surface area contributed by atoms with Crippen LogP contribution in [0.4, 0.5) is 5.82 Å². The average molecular weight is 475 g/mol. The van der Waals surface area contributed by atoms with Crippen molar-refractivity contribution >= 4 is 39.0 Å². The number of halogens is 1. The Labute approximate surface area is 181 Å². The first-order valence-electron chi connectivity index (χ1n) is 8.94. The third-order valence-electron chi connectivity index (χ3n) is 4.49. The van der Waals surface area contributed by atoms with E-state index in [-0.39, 0.29) is 12.4 Å². The van der Waals surface area contributed by atoms with Gasteiger partial charge in [0.1, 0.15) is 17.9 Å². The highest BCUT2D eigenvalue weighted by Gasteiger charge is 2.29. The van der Waals surface area contributed by atoms with E-state index in [2.05, 4.69) is 36.3 Å². The van der Waals surface area contributed by atoms with Gasteiger partial charge in [0.2, 0.25) is 0 Å². The lowest BCUT2D eigenvalue weighted by Crippen LogP contribution is -2.47. The summed E-state index contributed by atoms with van der Waals surface area (Å²) in [5.74, 6) is 1.56. The molecule has 2 N–H and O–H groups in total. The molecule has 29 heavy (non-hydrogen) atoms. The maximum atomic E-state index is 10.6. The van der Waals surface area contributed by atoms with E-state index in [0.29, 0.717) is 23.1 Å². The summed E-state index contributed by atoms with van der Waals surface area (Å²) in [6, 6.07) is 11.2. The molecule has 0 fully saturated rings. The van der Waals surface area contributed by atoms with Crippen LogP contribution in [0.25, 0.3) is 0 Å². The lowest BCUT2D eigenvalue weighted by molar-refractivity contribution is 0.114. The number of aromatic nitrogens is 4. The Morgan fingerprint density at radius 3 is 3.03 bits per heavy atom. The van der Waals surface area contributed by atoms with Gasteiger partial charge >= 0.3 is 0 Å². The molecule has 0 saturated heterocycles. The number of likely N-dealkylation sites (N-methyl/N-ethyl adjacent to an activating group) is 1. The highest BCUT2D eigenvalue weighted by molar-refractivity contribution is 9.10. The normalized spacial score (nSPS) is 17.4. The largest absolute Gasteiger partial charge is 0.488 e. The molecule has 8 nitrogen and oxygen atoms in total. The van der Waals surface area contributed by atoms with Crippen LogP contribution in [0.1, 0.15) is 17.6 Å². The molecule has 1 aromatic carbocycles. The van der Waals surface area contributed by atoms with Crippen molar-refractivity contribution < 1.29 is 9.84 Å². The van der Waals surface area contributed by atoms with Crippen LogP contribution in [0.15, 0.2) is 53.4 Å². The molecule has 2 aromatic heterocycles. The van der Waals surface area contributed by atoms with Crippen LogP contribution in [0.2, 0.25) is 0 Å². The van der Waals surface area contributed by atoms with E-state index in [9.17, 15) is 5.11 Å². The molecule has 0 amide bonds. The molecular weight excluding hydrogens is 456 g/mol. The number of rotatable bonds is 5. The van der Waals surface area contributed by atoms with E-state index in [1.807, 2.05) is 37.4 Å². The minimum absolute atomic E-state index is 0.262. The zero-order valence-electron chi connectivity index (χ0n) is 15.6. The molecule has 150 valence electrons. The SMILES string of the molecule is CN1C(=S)[C@@H](NC(O)c2ncn(Cc3cccc(Br)c3)n2)COc2cccnc21. The van der Waals surface area contributed by atoms with E-state index in [1.54, 1.807) is 28.2 Å². The molecule has 0 saturated carbocycles. The van der Waals surface area contributed by atoms with Gasteiger partial charge in [0.25, 0.3) is 0 Å². The minimum atomic E-state index is -1.09. The molecule has 4 rings (SSSR count). The lowest BCUT2D eigenvalue weighted by atomic mass is 10.2. The third kappa shape index (κ3) is 4.45. The fourth-order valence-corrected chi connectivity index (χ4v) is 3.72. The summed E-state index contributed by atoms with van der Waals surface area (Å²) < 4.78 is 8.49. The van der Waals surface area contributed by atoms with Crippen LogP contribution < -0.4 is 15.0 Å². The summed E-state index contributed by atoms with van der Waals surface area (Å²) in [7, 11) is 1.83. The smallest absolute Gasteiger partial charge is 0.194 e. The van der Waals surface area contributed by atoms with Crippen molar-refractivity contribution in [3.8, 4) is 5.75 Å². The molecule has 1 aliphatic rings. The third-order valence-corrected chi connectivity index (χ3v) is 5.55. The first kappa shape index (κ1) is 19.9. The molecule has 1 aliphatic heterocycles. The van der Waals surface area contributed by atoms with Crippen molar-refractivity contribution in [1.29, 1.82) is 0 Å². The van der Waals surface area contributed by atoms with Gasteiger partial charge in [-0.25, -0.2) is 14.6 Å². The molecule has 3 heterocycles. The van der Waals surface area contributed by atoms with Gasteiger partial charge in [0, 0.05) is 17.7 Å². The number of hydrogen-bond donors (Lipinski definition) is 2. The van der Waals surface area contributed by atoms with Gasteiger partial charge < -0.3 is 14.7 Å². The molecule has 0 aliphatic carbocycles. The highest BCUT2D eigenvalue weighted by atomic mass is 79.9. The van der Waals surface area contributed by atoms with Crippen molar-refractivity contribution in [2.45, 2.75) is 18.8 Å². The van der Waals surface area contributed by atoms with Gasteiger partial charge in [-0.05, 0) is 29.8 Å². The van der Waals surface area contributed by atoms with Crippen LogP contribution in [-0.2, 0) is 6.54 Å². The molecular formula is C19H19BrN6O2S. The van der Waals surface area contributed by atoms with Gasteiger partial charge in [0.15, 0.2) is 23.6 Å². The maximum Gasteiger partial charge on any atom is 0.194 e. The Hall–Kier alpha value is -2.40. The van der Waals surface area contributed by atoms with E-state index in [1.165, 1.54) is 0 Å². The van der Waals surface area contributed by atoms with Crippen molar-refractivity contribution in [3.05, 3.63) is 64.8 Å². The van der Waals surface area contributed by atoms with Gasteiger partial charge in [-0.2, -0.15) is 5.10 Å². The summed E-state index contributed by atoms with van der Waals surface area (Å²) >= 11 is 9.03. The fraction of sp³-hybridized carbons (Fsp3) is 0.263. The zero-order chi connectivity index (χ0) is 20.4. The molecule has 0 spiro atoms. The van der Waals surface area contributed by atoms with E-state index in [4.69, 9.17) is 17.0 Å². The van der Waals surface area contributed by atoms with Crippen molar-refractivity contribution in [1.82, 2.24) is 25.1 Å². The number of ether oxygens (including phenoxy) is 1. The second-order valence-electron chi connectivity index (χ2n) is 6.59. The van der Waals surface area contributed by atoms with Gasteiger partial charge in [-0.15, -0.1) is 0 Å². The van der Waals surface area contributed by atoms with Crippen LogP contribution in [-0.4, -0.2) is 49.5 Å². The van der Waals surface area contributed by atoms with Crippen LogP contribution in [0, 0.1) is 0 Å². The molecule has 1 unspecified atom stereocenters. The number of aliphatic hydroxyl groups is 1. The molecule has 0 bridgehead atoms. The fourth-order valence-electron chi connectivity index (χ4n) is 3.05. The summed E-state index contributed by atoms with van der Waals surface area (Å²) in [5, 5.41) is 18.0. The standard InChI is InChI=1S/C19H19BrN6O2S/c1-25-17-15(6-3-7-21-17)28-10-14(19(25)29)23-18(27)16-22-11-26(24-16)9-12-4-2-5-13(20)8-12/h2-8,11,14,18,23,27H,9-10H2,1H3/t14-,18?/m0/s1. The van der Waals surface area contributed by atoms with Gasteiger partial charge in [-0.3, -0.25) is 5.32 Å². The predicted octanol–water partition coefficient (Wildman–Crippen LogP) is 2.29. The first-order valence-corrected chi connectivity index (χ1v) is 10.1. The van der Waals surface area contributed by atoms with E-state index < -0.39 is 12.3 Å². The number of aliphatic hydroxyl groups excluding tert-OH is 1. The summed E-state index contributed by atoms with van der Waals surface area (Å²) in [6.45, 7) is 0.811. The number of benzene rings is 1. The van der Waals surface area contributed by atoms with Crippen LogP contribution in [0.5, 0.6) is 5.75 Å². The van der Waals surface area contributed by atoms with E-state index in [0.717, 1.165) is 10.0 Å². The van der Waals surface area contributed by atoms with Gasteiger partial charge in [0.05, 0.1) is 12.6 Å². The summed E-state index contributed by atoms with van der Waals surface area (Å²) in [6.07, 6.45) is 2.19. The minimum Gasteiger partial charge on any atom is -0.488 e. The monoisotopic (exact) mass is 474 g/mol. The Morgan fingerprint density at radius 1 is 1.34 bits per heavy atom. The van der Waals surface area contributed by atoms with Crippen molar-refractivity contribution in [3.63, 3.8) is 0 Å². The second-order valence-corrected chi connectivity index (χ2v) is 7.92. The first-order chi connectivity index (χ1) is 14.0.